The van der Waals surface area contributed by atoms with E-state index in [1.165, 1.54) is 0 Å². The van der Waals surface area contributed by atoms with E-state index in [0.717, 1.165) is 21.4 Å². The van der Waals surface area contributed by atoms with E-state index in [1.54, 1.807) is 48.5 Å². The molecule has 0 atom stereocenters. The van der Waals surface area contributed by atoms with Crippen LogP contribution in [0.15, 0.2) is 96.7 Å². The third kappa shape index (κ3) is 3.54. The van der Waals surface area contributed by atoms with Gasteiger partial charge in [-0.1, -0.05) is 77.8 Å². The van der Waals surface area contributed by atoms with E-state index in [0.29, 0.717) is 21.3 Å². The highest BCUT2D eigenvalue weighted by atomic mass is 35.5. The highest BCUT2D eigenvalue weighted by molar-refractivity contribution is 6.46. The van der Waals surface area contributed by atoms with Crippen molar-refractivity contribution in [1.29, 1.82) is 0 Å². The highest BCUT2D eigenvalue weighted by Crippen LogP contribution is 2.36. The normalized spacial score (nSPS) is 13.9. The first-order valence-corrected chi connectivity index (χ1v) is 10.7. The van der Waals surface area contributed by atoms with E-state index < -0.39 is 11.8 Å². The number of fused-ring (bicyclic) bond motifs is 1. The van der Waals surface area contributed by atoms with Crippen LogP contribution in [0.25, 0.3) is 16.3 Å². The molecule has 0 radical (unpaired) electrons. The number of imide groups is 1. The van der Waals surface area contributed by atoms with E-state index in [2.05, 4.69) is 5.32 Å². The molecule has 0 aliphatic carbocycles. The molecular formula is C26H16Cl2N2O2. The number of halogens is 2. The van der Waals surface area contributed by atoms with E-state index in [1.807, 2.05) is 42.5 Å². The Bertz CT molecular complexity index is 1410. The van der Waals surface area contributed by atoms with E-state index in [9.17, 15) is 9.59 Å². The van der Waals surface area contributed by atoms with Gasteiger partial charge in [0, 0.05) is 21.1 Å². The van der Waals surface area contributed by atoms with Crippen molar-refractivity contribution in [2.24, 2.45) is 0 Å². The zero-order valence-electron chi connectivity index (χ0n) is 16.7. The van der Waals surface area contributed by atoms with Gasteiger partial charge in [0.05, 0.1) is 11.3 Å². The van der Waals surface area contributed by atoms with Gasteiger partial charge in [0.25, 0.3) is 11.8 Å². The second-order valence-corrected chi connectivity index (χ2v) is 8.21. The number of hydrogen-bond acceptors (Lipinski definition) is 3. The number of benzene rings is 4. The molecule has 0 bridgehead atoms. The van der Waals surface area contributed by atoms with E-state index in [-0.39, 0.29) is 11.3 Å². The standard InChI is InChI=1S/C26H16Cl2N2O2/c27-18-13-11-17(12-14-18)23-24(29-22-10-3-6-16-5-1-2-9-21(16)22)26(32)30(25(23)31)20-8-4-7-19(28)15-20/h1-15,29H. The maximum Gasteiger partial charge on any atom is 0.282 e. The van der Waals surface area contributed by atoms with Crippen LogP contribution in [0.1, 0.15) is 5.56 Å². The molecule has 4 aromatic rings. The summed E-state index contributed by atoms with van der Waals surface area (Å²) in [6.07, 6.45) is 0. The van der Waals surface area contributed by atoms with Crippen molar-refractivity contribution in [2.75, 3.05) is 10.2 Å². The van der Waals surface area contributed by atoms with Crippen LogP contribution in [0, 0.1) is 0 Å². The summed E-state index contributed by atoms with van der Waals surface area (Å²) in [5, 5.41) is 6.19. The van der Waals surface area contributed by atoms with Crippen molar-refractivity contribution >= 4 is 62.7 Å². The molecule has 0 aromatic heterocycles. The molecule has 4 nitrogen and oxygen atoms in total. The maximum absolute atomic E-state index is 13.5. The Morgan fingerprint density at radius 3 is 2.19 bits per heavy atom. The van der Waals surface area contributed by atoms with E-state index in [4.69, 9.17) is 23.2 Å². The summed E-state index contributed by atoms with van der Waals surface area (Å²) in [5.41, 5.74) is 2.22. The predicted octanol–water partition coefficient (Wildman–Crippen LogP) is 6.54. The molecule has 2 amide bonds. The molecule has 4 aromatic carbocycles. The molecular weight excluding hydrogens is 443 g/mol. The first kappa shape index (κ1) is 20.3. The number of nitrogens with zero attached hydrogens (tertiary/aromatic N) is 1. The molecule has 6 heteroatoms. The van der Waals surface area contributed by atoms with Crippen LogP contribution >= 0.6 is 23.2 Å². The zero-order chi connectivity index (χ0) is 22.2. The summed E-state index contributed by atoms with van der Waals surface area (Å²) >= 11 is 12.2. The van der Waals surface area contributed by atoms with Gasteiger partial charge in [-0.2, -0.15) is 0 Å². The van der Waals surface area contributed by atoms with Gasteiger partial charge >= 0.3 is 0 Å². The average Bonchev–Trinajstić information content (AvgIpc) is 3.04. The molecule has 1 heterocycles. The highest BCUT2D eigenvalue weighted by Gasteiger charge is 2.40. The van der Waals surface area contributed by atoms with Crippen molar-refractivity contribution in [3.05, 3.63) is 112 Å². The lowest BCUT2D eigenvalue weighted by molar-refractivity contribution is -0.120. The fourth-order valence-electron chi connectivity index (χ4n) is 3.85. The molecule has 0 spiro atoms. The molecule has 32 heavy (non-hydrogen) atoms. The minimum Gasteiger partial charge on any atom is -0.350 e. The molecule has 0 saturated heterocycles. The van der Waals surface area contributed by atoms with Gasteiger partial charge < -0.3 is 5.32 Å². The second kappa shape index (κ2) is 8.15. The minimum absolute atomic E-state index is 0.202. The molecule has 0 unspecified atom stereocenters. The Balaban J connectivity index is 1.66. The Labute approximate surface area is 194 Å². The summed E-state index contributed by atoms with van der Waals surface area (Å²) in [5.74, 6) is -0.877. The topological polar surface area (TPSA) is 49.4 Å². The number of rotatable bonds is 4. The molecule has 1 aliphatic rings. The predicted molar refractivity (Wildman–Crippen MR) is 130 cm³/mol. The number of nitrogens with one attached hydrogen (secondary N) is 1. The van der Waals surface area contributed by atoms with Crippen LogP contribution in [0.5, 0.6) is 0 Å². The monoisotopic (exact) mass is 458 g/mol. The van der Waals surface area contributed by atoms with Crippen LogP contribution in [0.4, 0.5) is 11.4 Å². The Morgan fingerprint density at radius 2 is 1.41 bits per heavy atom. The van der Waals surface area contributed by atoms with Crippen LogP contribution < -0.4 is 10.2 Å². The summed E-state index contributed by atoms with van der Waals surface area (Å²) in [4.78, 5) is 28.2. The fourth-order valence-corrected chi connectivity index (χ4v) is 4.16. The van der Waals surface area contributed by atoms with Gasteiger partial charge in [0.15, 0.2) is 0 Å². The van der Waals surface area contributed by atoms with Crippen molar-refractivity contribution in [3.8, 4) is 0 Å². The lowest BCUT2D eigenvalue weighted by Gasteiger charge is -2.16. The van der Waals surface area contributed by atoms with Crippen molar-refractivity contribution in [3.63, 3.8) is 0 Å². The number of anilines is 2. The summed E-state index contributed by atoms with van der Waals surface area (Å²) in [6, 6.07) is 27.2. The molecule has 156 valence electrons. The number of hydrogen-bond donors (Lipinski definition) is 1. The SMILES string of the molecule is O=C1C(Nc2cccc3ccccc23)=C(c2ccc(Cl)cc2)C(=O)N1c1cccc(Cl)c1. The van der Waals surface area contributed by atoms with Crippen LogP contribution in [0.2, 0.25) is 10.0 Å². The quantitative estimate of drug-likeness (QED) is 0.353. The van der Waals surface area contributed by atoms with E-state index >= 15 is 0 Å². The fraction of sp³-hybridized carbons (Fsp3) is 0. The van der Waals surface area contributed by atoms with Gasteiger partial charge in [-0.05, 0) is 47.3 Å². The van der Waals surface area contributed by atoms with Gasteiger partial charge in [-0.15, -0.1) is 0 Å². The minimum atomic E-state index is -0.449. The Hall–Kier alpha value is -3.60. The largest absolute Gasteiger partial charge is 0.350 e. The summed E-state index contributed by atoms with van der Waals surface area (Å²) in [7, 11) is 0. The molecule has 0 fully saturated rings. The number of carbonyl (C=O) groups excluding carboxylic acids is 2. The second-order valence-electron chi connectivity index (χ2n) is 7.33. The smallest absolute Gasteiger partial charge is 0.282 e. The average molecular weight is 459 g/mol. The van der Waals surface area contributed by atoms with Gasteiger partial charge in [-0.25, -0.2) is 4.90 Å². The van der Waals surface area contributed by atoms with Crippen molar-refractivity contribution in [2.45, 2.75) is 0 Å². The van der Waals surface area contributed by atoms with Gasteiger partial charge in [0.1, 0.15) is 5.70 Å². The third-order valence-corrected chi connectivity index (χ3v) is 5.82. The Morgan fingerprint density at radius 1 is 0.688 bits per heavy atom. The number of carbonyl (C=O) groups is 2. The van der Waals surface area contributed by atoms with Crippen molar-refractivity contribution < 1.29 is 9.59 Å². The van der Waals surface area contributed by atoms with Crippen LogP contribution in [-0.4, -0.2) is 11.8 Å². The molecule has 1 N–H and O–H groups in total. The lowest BCUT2D eigenvalue weighted by atomic mass is 10.0. The Kier molecular flexibility index (Phi) is 5.17. The first-order chi connectivity index (χ1) is 15.5. The molecule has 1 aliphatic heterocycles. The van der Waals surface area contributed by atoms with Crippen molar-refractivity contribution in [1.82, 2.24) is 0 Å². The van der Waals surface area contributed by atoms with Gasteiger partial charge in [-0.3, -0.25) is 9.59 Å². The van der Waals surface area contributed by atoms with Crippen LogP contribution in [0.3, 0.4) is 0 Å². The third-order valence-electron chi connectivity index (χ3n) is 5.33. The number of amides is 2. The first-order valence-electron chi connectivity index (χ1n) is 9.92. The van der Waals surface area contributed by atoms with Gasteiger partial charge in [0.2, 0.25) is 0 Å². The maximum atomic E-state index is 13.5. The summed E-state index contributed by atoms with van der Waals surface area (Å²) < 4.78 is 0. The van der Waals surface area contributed by atoms with Crippen LogP contribution in [-0.2, 0) is 9.59 Å². The molecule has 0 saturated carbocycles. The lowest BCUT2D eigenvalue weighted by Crippen LogP contribution is -2.32. The zero-order valence-corrected chi connectivity index (χ0v) is 18.2. The summed E-state index contributed by atoms with van der Waals surface area (Å²) in [6.45, 7) is 0. The molecule has 5 rings (SSSR count).